The first-order chi connectivity index (χ1) is 8.72. The quantitative estimate of drug-likeness (QED) is 0.805. The lowest BCUT2D eigenvalue weighted by Crippen LogP contribution is -2.52. The zero-order valence-corrected chi connectivity index (χ0v) is 11.9. The van der Waals surface area contributed by atoms with Gasteiger partial charge in [-0.15, -0.1) is 0 Å². The van der Waals surface area contributed by atoms with Crippen LogP contribution in [0.4, 0.5) is 0 Å². The third-order valence-electron chi connectivity index (χ3n) is 4.39. The van der Waals surface area contributed by atoms with Gasteiger partial charge in [0.05, 0.1) is 5.41 Å². The SMILES string of the molecule is CSC1CCCC1NC(=O)C1(CN)CCOCC1. The number of nitrogens with two attached hydrogens (primary N) is 1. The van der Waals surface area contributed by atoms with Gasteiger partial charge in [0.1, 0.15) is 0 Å². The van der Waals surface area contributed by atoms with Gasteiger partial charge in [-0.3, -0.25) is 4.79 Å². The maximum absolute atomic E-state index is 12.5. The maximum Gasteiger partial charge on any atom is 0.227 e. The average molecular weight is 272 g/mol. The fourth-order valence-electron chi connectivity index (χ4n) is 2.98. The Balaban J connectivity index is 1.97. The van der Waals surface area contributed by atoms with Gasteiger partial charge in [0.15, 0.2) is 0 Å². The van der Waals surface area contributed by atoms with E-state index < -0.39 is 0 Å². The van der Waals surface area contributed by atoms with Crippen molar-refractivity contribution in [2.75, 3.05) is 26.0 Å². The summed E-state index contributed by atoms with van der Waals surface area (Å²) < 4.78 is 5.35. The van der Waals surface area contributed by atoms with Crippen molar-refractivity contribution >= 4 is 17.7 Å². The van der Waals surface area contributed by atoms with Crippen molar-refractivity contribution in [1.29, 1.82) is 0 Å². The second-order valence-electron chi connectivity index (χ2n) is 5.38. The van der Waals surface area contributed by atoms with Crippen LogP contribution in [0.1, 0.15) is 32.1 Å². The molecular formula is C13H24N2O2S. The number of nitrogens with one attached hydrogen (secondary N) is 1. The molecule has 1 aliphatic carbocycles. The highest BCUT2D eigenvalue weighted by molar-refractivity contribution is 7.99. The summed E-state index contributed by atoms with van der Waals surface area (Å²) >= 11 is 1.87. The molecule has 0 bridgehead atoms. The van der Waals surface area contributed by atoms with Crippen LogP contribution in [0.15, 0.2) is 0 Å². The second-order valence-corrected chi connectivity index (χ2v) is 6.46. The standard InChI is InChI=1S/C13H24N2O2S/c1-18-11-4-2-3-10(11)15-12(16)13(9-14)5-7-17-8-6-13/h10-11H,2-9,14H2,1H3,(H,15,16). The first-order valence-corrected chi connectivity index (χ1v) is 8.12. The lowest BCUT2D eigenvalue weighted by atomic mass is 9.79. The van der Waals surface area contributed by atoms with Crippen LogP contribution in [0.3, 0.4) is 0 Å². The number of carbonyl (C=O) groups excluding carboxylic acids is 1. The molecule has 2 unspecified atom stereocenters. The van der Waals surface area contributed by atoms with Gasteiger partial charge in [-0.2, -0.15) is 11.8 Å². The van der Waals surface area contributed by atoms with Gasteiger partial charge < -0.3 is 15.8 Å². The topological polar surface area (TPSA) is 64.4 Å². The van der Waals surface area contributed by atoms with E-state index in [9.17, 15) is 4.79 Å². The van der Waals surface area contributed by atoms with Gasteiger partial charge >= 0.3 is 0 Å². The first-order valence-electron chi connectivity index (χ1n) is 6.83. The number of hydrogen-bond acceptors (Lipinski definition) is 4. The van der Waals surface area contributed by atoms with Crippen LogP contribution in [-0.4, -0.2) is 43.2 Å². The Hall–Kier alpha value is -0.260. The highest BCUT2D eigenvalue weighted by atomic mass is 32.2. The van der Waals surface area contributed by atoms with Crippen LogP contribution in [0, 0.1) is 5.41 Å². The Bertz CT molecular complexity index is 293. The molecule has 1 heterocycles. The van der Waals surface area contributed by atoms with Crippen molar-refractivity contribution in [2.45, 2.75) is 43.4 Å². The minimum atomic E-state index is -0.385. The molecule has 2 rings (SSSR count). The monoisotopic (exact) mass is 272 g/mol. The molecular weight excluding hydrogens is 248 g/mol. The Morgan fingerprint density at radius 3 is 2.78 bits per heavy atom. The van der Waals surface area contributed by atoms with Gasteiger partial charge in [0.2, 0.25) is 5.91 Å². The average Bonchev–Trinajstić information content (AvgIpc) is 2.86. The van der Waals surface area contributed by atoms with Gasteiger partial charge in [0.25, 0.3) is 0 Å². The van der Waals surface area contributed by atoms with Gasteiger partial charge in [-0.1, -0.05) is 6.42 Å². The first kappa shape index (κ1) is 14.2. The Morgan fingerprint density at radius 2 is 2.17 bits per heavy atom. The molecule has 1 saturated heterocycles. The normalized spacial score (nSPS) is 31.2. The molecule has 1 saturated carbocycles. The van der Waals surface area contributed by atoms with Crippen LogP contribution in [0.25, 0.3) is 0 Å². The number of rotatable bonds is 4. The van der Waals surface area contributed by atoms with E-state index in [2.05, 4.69) is 11.6 Å². The number of ether oxygens (including phenoxy) is 1. The molecule has 2 fully saturated rings. The molecule has 104 valence electrons. The molecule has 5 heteroatoms. The van der Waals surface area contributed by atoms with E-state index in [1.807, 2.05) is 11.8 Å². The molecule has 18 heavy (non-hydrogen) atoms. The second kappa shape index (κ2) is 6.26. The van der Waals surface area contributed by atoms with Gasteiger partial charge in [0, 0.05) is 31.1 Å². The smallest absolute Gasteiger partial charge is 0.227 e. The molecule has 3 N–H and O–H groups in total. The molecule has 4 nitrogen and oxygen atoms in total. The Kier molecular flexibility index (Phi) is 4.92. The van der Waals surface area contributed by atoms with Crippen LogP contribution in [0.5, 0.6) is 0 Å². The number of amides is 1. The van der Waals surface area contributed by atoms with Crippen molar-refractivity contribution in [3.63, 3.8) is 0 Å². The minimum Gasteiger partial charge on any atom is -0.381 e. The summed E-state index contributed by atoms with van der Waals surface area (Å²) in [5.74, 6) is 0.152. The van der Waals surface area contributed by atoms with Crippen molar-refractivity contribution in [2.24, 2.45) is 11.1 Å². The minimum absolute atomic E-state index is 0.152. The zero-order valence-electron chi connectivity index (χ0n) is 11.1. The van der Waals surface area contributed by atoms with E-state index in [-0.39, 0.29) is 11.3 Å². The highest BCUT2D eigenvalue weighted by Gasteiger charge is 2.40. The third-order valence-corrected chi connectivity index (χ3v) is 5.56. The van der Waals surface area contributed by atoms with Crippen molar-refractivity contribution in [3.8, 4) is 0 Å². The van der Waals surface area contributed by atoms with Crippen molar-refractivity contribution in [1.82, 2.24) is 5.32 Å². The molecule has 0 spiro atoms. The number of hydrogen-bond donors (Lipinski definition) is 2. The molecule has 2 atom stereocenters. The maximum atomic E-state index is 12.5. The predicted molar refractivity (Wildman–Crippen MR) is 74.6 cm³/mol. The summed E-state index contributed by atoms with van der Waals surface area (Å²) in [5, 5.41) is 3.82. The number of thioether (sulfide) groups is 1. The summed E-state index contributed by atoms with van der Waals surface area (Å²) in [4.78, 5) is 12.5. The summed E-state index contributed by atoms with van der Waals surface area (Å²) in [7, 11) is 0. The highest BCUT2D eigenvalue weighted by Crippen LogP contribution is 2.32. The molecule has 0 aromatic carbocycles. The Morgan fingerprint density at radius 1 is 1.44 bits per heavy atom. The largest absolute Gasteiger partial charge is 0.381 e. The van der Waals surface area contributed by atoms with E-state index in [4.69, 9.17) is 10.5 Å². The molecule has 0 radical (unpaired) electrons. The molecule has 0 aromatic rings. The zero-order chi connectivity index (χ0) is 13.0. The van der Waals surface area contributed by atoms with Crippen molar-refractivity contribution < 1.29 is 9.53 Å². The molecule has 1 aliphatic heterocycles. The van der Waals surface area contributed by atoms with E-state index in [0.29, 0.717) is 31.1 Å². The van der Waals surface area contributed by atoms with Crippen LogP contribution < -0.4 is 11.1 Å². The van der Waals surface area contributed by atoms with E-state index in [0.717, 1.165) is 19.3 Å². The number of carbonyl (C=O) groups is 1. The lowest BCUT2D eigenvalue weighted by Gasteiger charge is -2.36. The van der Waals surface area contributed by atoms with E-state index in [1.54, 1.807) is 0 Å². The molecule has 0 aromatic heterocycles. The molecule has 1 amide bonds. The van der Waals surface area contributed by atoms with E-state index in [1.165, 1.54) is 12.8 Å². The summed E-state index contributed by atoms with van der Waals surface area (Å²) in [5.41, 5.74) is 5.47. The lowest BCUT2D eigenvalue weighted by molar-refractivity contribution is -0.136. The molecule has 2 aliphatic rings. The van der Waals surface area contributed by atoms with Gasteiger partial charge in [-0.05, 0) is 31.9 Å². The van der Waals surface area contributed by atoms with Crippen LogP contribution in [-0.2, 0) is 9.53 Å². The van der Waals surface area contributed by atoms with E-state index >= 15 is 0 Å². The van der Waals surface area contributed by atoms with Gasteiger partial charge in [-0.25, -0.2) is 0 Å². The van der Waals surface area contributed by atoms with Crippen molar-refractivity contribution in [3.05, 3.63) is 0 Å². The fourth-order valence-corrected chi connectivity index (χ4v) is 3.92. The summed E-state index contributed by atoms with van der Waals surface area (Å²) in [6.07, 6.45) is 7.18. The summed E-state index contributed by atoms with van der Waals surface area (Å²) in [6, 6.07) is 0.332. The predicted octanol–water partition coefficient (Wildman–Crippen LogP) is 1.14. The summed E-state index contributed by atoms with van der Waals surface area (Å²) in [6.45, 7) is 1.74. The third kappa shape index (κ3) is 2.83. The fraction of sp³-hybridized carbons (Fsp3) is 0.923. The van der Waals surface area contributed by atoms with Crippen LogP contribution >= 0.6 is 11.8 Å². The van der Waals surface area contributed by atoms with Crippen LogP contribution in [0.2, 0.25) is 0 Å². The Labute approximate surface area is 113 Å².